The Morgan fingerprint density at radius 2 is 2.00 bits per heavy atom. The first-order valence-corrected chi connectivity index (χ1v) is 5.91. The Balaban J connectivity index is 3.16. The molecule has 0 saturated heterocycles. The van der Waals surface area contributed by atoms with E-state index >= 15 is 0 Å². The number of nitrogens with zero attached hydrogens (tertiary/aromatic N) is 3. The average molecular weight is 284 g/mol. The standard InChI is InChI=1S/C12H14ClN3O3/c1-4-19-12(18)8(7-16(2)3)10(17)9-11(13)15-6-5-14-9/h5-7H,4H2,1-3H3/b8-7-. The van der Waals surface area contributed by atoms with Gasteiger partial charge in [0.05, 0.1) is 6.61 Å². The Labute approximate surface area is 116 Å². The van der Waals surface area contributed by atoms with Gasteiger partial charge in [-0.25, -0.2) is 14.8 Å². The molecule has 0 aliphatic carbocycles. The zero-order chi connectivity index (χ0) is 14.4. The van der Waals surface area contributed by atoms with Crippen LogP contribution in [0.15, 0.2) is 24.2 Å². The molecule has 7 heteroatoms. The molecule has 1 rings (SSSR count). The molecule has 6 nitrogen and oxygen atoms in total. The summed E-state index contributed by atoms with van der Waals surface area (Å²) in [5, 5.41) is -0.0542. The predicted molar refractivity (Wildman–Crippen MR) is 69.8 cm³/mol. The Morgan fingerprint density at radius 1 is 1.37 bits per heavy atom. The van der Waals surface area contributed by atoms with Gasteiger partial charge in [0, 0.05) is 32.7 Å². The molecule has 0 saturated carbocycles. The van der Waals surface area contributed by atoms with Gasteiger partial charge in [-0.1, -0.05) is 11.6 Å². The van der Waals surface area contributed by atoms with E-state index in [0.717, 1.165) is 0 Å². The highest BCUT2D eigenvalue weighted by Gasteiger charge is 2.25. The fourth-order valence-corrected chi connectivity index (χ4v) is 1.46. The first-order chi connectivity index (χ1) is 8.97. The highest BCUT2D eigenvalue weighted by molar-refractivity contribution is 6.35. The van der Waals surface area contributed by atoms with Gasteiger partial charge >= 0.3 is 5.97 Å². The number of rotatable bonds is 5. The summed E-state index contributed by atoms with van der Waals surface area (Å²) < 4.78 is 4.84. The van der Waals surface area contributed by atoms with Gasteiger partial charge in [-0.3, -0.25) is 4.79 Å². The van der Waals surface area contributed by atoms with Crippen molar-refractivity contribution in [1.82, 2.24) is 14.9 Å². The molecule has 19 heavy (non-hydrogen) atoms. The summed E-state index contributed by atoms with van der Waals surface area (Å²) in [6.45, 7) is 1.83. The number of esters is 1. The van der Waals surface area contributed by atoms with Crippen LogP contribution in [0.1, 0.15) is 17.4 Å². The number of ether oxygens (including phenoxy) is 1. The number of Topliss-reactive ketones (excluding diaryl/α,β-unsaturated/α-hetero) is 1. The third-order valence-electron chi connectivity index (χ3n) is 2.00. The lowest BCUT2D eigenvalue weighted by Gasteiger charge is -2.10. The number of aromatic nitrogens is 2. The van der Waals surface area contributed by atoms with Crippen molar-refractivity contribution < 1.29 is 14.3 Å². The summed E-state index contributed by atoms with van der Waals surface area (Å²) in [5.41, 5.74) is -0.223. The lowest BCUT2D eigenvalue weighted by molar-refractivity contribution is -0.138. The van der Waals surface area contributed by atoms with Crippen molar-refractivity contribution >= 4 is 23.4 Å². The Kier molecular flexibility index (Phi) is 5.44. The van der Waals surface area contributed by atoms with E-state index in [1.807, 2.05) is 0 Å². The molecule has 0 atom stereocenters. The van der Waals surface area contributed by atoms with E-state index in [1.165, 1.54) is 18.6 Å². The van der Waals surface area contributed by atoms with Crippen LogP contribution in [0, 0.1) is 0 Å². The second kappa shape index (κ2) is 6.84. The summed E-state index contributed by atoms with van der Waals surface area (Å²) in [7, 11) is 3.37. The van der Waals surface area contributed by atoms with Gasteiger partial charge in [0.25, 0.3) is 0 Å². The Hall–Kier alpha value is -1.95. The third-order valence-corrected chi connectivity index (χ3v) is 2.27. The van der Waals surface area contributed by atoms with E-state index in [-0.39, 0.29) is 23.0 Å². The minimum Gasteiger partial charge on any atom is -0.462 e. The molecule has 1 aromatic heterocycles. The molecule has 0 aliphatic rings. The lowest BCUT2D eigenvalue weighted by Crippen LogP contribution is -2.20. The molecule has 1 aromatic rings. The third kappa shape index (κ3) is 4.03. The molecular weight excluding hydrogens is 270 g/mol. The smallest absolute Gasteiger partial charge is 0.343 e. The maximum atomic E-state index is 12.2. The van der Waals surface area contributed by atoms with E-state index < -0.39 is 11.8 Å². The number of carbonyl (C=O) groups excluding carboxylic acids is 2. The Morgan fingerprint density at radius 3 is 2.53 bits per heavy atom. The van der Waals surface area contributed by atoms with Crippen molar-refractivity contribution in [3.05, 3.63) is 35.0 Å². The zero-order valence-electron chi connectivity index (χ0n) is 10.9. The van der Waals surface area contributed by atoms with E-state index in [9.17, 15) is 9.59 Å². The normalized spacial score (nSPS) is 11.1. The minimum atomic E-state index is -0.720. The largest absolute Gasteiger partial charge is 0.462 e. The van der Waals surface area contributed by atoms with Crippen LogP contribution < -0.4 is 0 Å². The molecule has 1 heterocycles. The fourth-order valence-electron chi connectivity index (χ4n) is 1.27. The molecule has 0 radical (unpaired) electrons. The summed E-state index contributed by atoms with van der Waals surface area (Å²) in [4.78, 5) is 33.2. The summed E-state index contributed by atoms with van der Waals surface area (Å²) in [6, 6.07) is 0. The number of halogens is 1. The van der Waals surface area contributed by atoms with Crippen molar-refractivity contribution in [1.29, 1.82) is 0 Å². The van der Waals surface area contributed by atoms with Crippen LogP contribution in [-0.2, 0) is 9.53 Å². The van der Waals surface area contributed by atoms with Crippen molar-refractivity contribution in [2.75, 3.05) is 20.7 Å². The molecular formula is C12H14ClN3O3. The van der Waals surface area contributed by atoms with Crippen molar-refractivity contribution in [3.63, 3.8) is 0 Å². The molecule has 0 fully saturated rings. The SMILES string of the molecule is CCOC(=O)/C(=C\N(C)C)C(=O)c1nccnc1Cl. The highest BCUT2D eigenvalue weighted by atomic mass is 35.5. The first kappa shape index (κ1) is 15.1. The van der Waals surface area contributed by atoms with Gasteiger partial charge in [-0.05, 0) is 6.92 Å². The lowest BCUT2D eigenvalue weighted by atomic mass is 10.1. The van der Waals surface area contributed by atoms with Crippen LogP contribution in [0.5, 0.6) is 0 Å². The number of hydrogen-bond acceptors (Lipinski definition) is 6. The predicted octanol–water partition coefficient (Wildman–Crippen LogP) is 1.32. The molecule has 0 spiro atoms. The maximum Gasteiger partial charge on any atom is 0.343 e. The molecule has 0 unspecified atom stereocenters. The van der Waals surface area contributed by atoms with E-state index in [1.54, 1.807) is 25.9 Å². The maximum absolute atomic E-state index is 12.2. The van der Waals surface area contributed by atoms with Crippen molar-refractivity contribution in [3.8, 4) is 0 Å². The second-order valence-electron chi connectivity index (χ2n) is 3.75. The Bertz CT molecular complexity index is 515. The molecule has 0 N–H and O–H groups in total. The first-order valence-electron chi connectivity index (χ1n) is 5.54. The quantitative estimate of drug-likeness (QED) is 0.267. The van der Waals surface area contributed by atoms with Crippen LogP contribution in [-0.4, -0.2) is 47.3 Å². The van der Waals surface area contributed by atoms with Crippen molar-refractivity contribution in [2.24, 2.45) is 0 Å². The molecule has 0 amide bonds. The van der Waals surface area contributed by atoms with Gasteiger partial charge in [0.15, 0.2) is 5.15 Å². The van der Waals surface area contributed by atoms with Crippen LogP contribution in [0.4, 0.5) is 0 Å². The fraction of sp³-hybridized carbons (Fsp3) is 0.333. The highest BCUT2D eigenvalue weighted by Crippen LogP contribution is 2.15. The van der Waals surface area contributed by atoms with Crippen LogP contribution in [0.3, 0.4) is 0 Å². The van der Waals surface area contributed by atoms with Crippen LogP contribution in [0.2, 0.25) is 5.15 Å². The summed E-state index contributed by atoms with van der Waals surface area (Å²) in [6.07, 6.45) is 4.06. The average Bonchev–Trinajstić information content (AvgIpc) is 2.36. The molecule has 0 aliphatic heterocycles. The number of ketones is 1. The van der Waals surface area contributed by atoms with Crippen LogP contribution >= 0.6 is 11.6 Å². The molecule has 0 bridgehead atoms. The van der Waals surface area contributed by atoms with Gasteiger partial charge < -0.3 is 9.64 Å². The zero-order valence-corrected chi connectivity index (χ0v) is 11.6. The van der Waals surface area contributed by atoms with Crippen molar-refractivity contribution in [2.45, 2.75) is 6.92 Å². The van der Waals surface area contributed by atoms with Crippen LogP contribution in [0.25, 0.3) is 0 Å². The summed E-state index contributed by atoms with van der Waals surface area (Å²) in [5.74, 6) is -1.34. The number of carbonyl (C=O) groups is 2. The topological polar surface area (TPSA) is 72.4 Å². The summed E-state index contributed by atoms with van der Waals surface area (Å²) >= 11 is 5.79. The van der Waals surface area contributed by atoms with E-state index in [2.05, 4.69) is 9.97 Å². The second-order valence-corrected chi connectivity index (χ2v) is 4.11. The molecule has 0 aromatic carbocycles. The van der Waals surface area contributed by atoms with E-state index in [4.69, 9.17) is 16.3 Å². The van der Waals surface area contributed by atoms with E-state index in [0.29, 0.717) is 0 Å². The number of hydrogen-bond donors (Lipinski definition) is 0. The monoisotopic (exact) mass is 283 g/mol. The minimum absolute atomic E-state index is 0.0542. The molecule has 102 valence electrons. The van der Waals surface area contributed by atoms with Gasteiger partial charge in [-0.2, -0.15) is 0 Å². The van der Waals surface area contributed by atoms with Gasteiger partial charge in [0.2, 0.25) is 5.78 Å². The van der Waals surface area contributed by atoms with Gasteiger partial charge in [-0.15, -0.1) is 0 Å². The van der Waals surface area contributed by atoms with Gasteiger partial charge in [0.1, 0.15) is 11.3 Å².